The molecule has 0 radical (unpaired) electrons. The molecule has 4 N–H and O–H groups in total. The molecule has 1 aromatic heterocycles. The lowest BCUT2D eigenvalue weighted by atomic mass is 9.99. The van der Waals surface area contributed by atoms with Crippen LogP contribution in [0, 0.1) is 5.41 Å². The number of carbonyl (C=O) groups excluding carboxylic acids is 1. The molecular weight excluding hydrogens is 458 g/mol. The first-order valence-electron chi connectivity index (χ1n) is 12.2. The van der Waals surface area contributed by atoms with Crippen LogP contribution in [0.4, 0.5) is 10.7 Å². The van der Waals surface area contributed by atoms with Gasteiger partial charge in [-0.3, -0.25) is 0 Å². The molecular formula is C26H35N7O3. The molecule has 0 aliphatic carbocycles. The van der Waals surface area contributed by atoms with Crippen LogP contribution in [0.1, 0.15) is 45.2 Å². The summed E-state index contributed by atoms with van der Waals surface area (Å²) in [5.74, 6) is 1.14. The second kappa shape index (κ2) is 10.9. The maximum Gasteiger partial charge on any atom is 0.318 e. The zero-order chi connectivity index (χ0) is 25.7. The second-order valence-corrected chi connectivity index (χ2v) is 9.93. The van der Waals surface area contributed by atoms with E-state index >= 15 is 0 Å². The van der Waals surface area contributed by atoms with Gasteiger partial charge in [-0.15, -0.1) is 0 Å². The van der Waals surface area contributed by atoms with Gasteiger partial charge in [0.2, 0.25) is 5.95 Å². The summed E-state index contributed by atoms with van der Waals surface area (Å²) in [6.07, 6.45) is 6.25. The average Bonchev–Trinajstić information content (AvgIpc) is 3.02. The largest absolute Gasteiger partial charge is 0.493 e. The number of hydrogen-bond acceptors (Lipinski definition) is 8. The third-order valence-corrected chi connectivity index (χ3v) is 5.90. The third kappa shape index (κ3) is 6.31. The summed E-state index contributed by atoms with van der Waals surface area (Å²) in [7, 11) is 1.76. The number of fused-ring (bicyclic) bond motifs is 1. The van der Waals surface area contributed by atoms with Crippen LogP contribution in [0.5, 0.6) is 5.75 Å². The average molecular weight is 494 g/mol. The Morgan fingerprint density at radius 3 is 2.81 bits per heavy atom. The summed E-state index contributed by atoms with van der Waals surface area (Å²) in [6, 6.07) is 7.57. The van der Waals surface area contributed by atoms with Crippen molar-refractivity contribution in [3.05, 3.63) is 47.9 Å². The normalized spacial score (nSPS) is 18.3. The molecule has 4 rings (SSSR count). The van der Waals surface area contributed by atoms with Crippen molar-refractivity contribution in [2.75, 3.05) is 32.1 Å². The summed E-state index contributed by atoms with van der Waals surface area (Å²) < 4.78 is 12.0. The fourth-order valence-electron chi connectivity index (χ4n) is 4.28. The zero-order valence-corrected chi connectivity index (χ0v) is 21.3. The molecule has 2 aliphatic heterocycles. The Balaban J connectivity index is 1.46. The number of likely N-dealkylation sites (tertiary alicyclic amines) is 1. The SMILES string of the molecule is CN/C=C(\C=N)Nc1nccc(-c2ccc3c(c2)OCCCC3NC(=O)N2CC(OC(C)(C)C)C2)n1. The van der Waals surface area contributed by atoms with Crippen molar-refractivity contribution in [3.63, 3.8) is 0 Å². The van der Waals surface area contributed by atoms with Crippen molar-refractivity contribution in [1.29, 1.82) is 5.41 Å². The lowest BCUT2D eigenvalue weighted by Gasteiger charge is -2.42. The Labute approximate surface area is 212 Å². The Morgan fingerprint density at radius 1 is 1.28 bits per heavy atom. The minimum atomic E-state index is -0.214. The van der Waals surface area contributed by atoms with E-state index < -0.39 is 0 Å². The van der Waals surface area contributed by atoms with Crippen LogP contribution in [-0.2, 0) is 4.74 Å². The van der Waals surface area contributed by atoms with Crippen molar-refractivity contribution < 1.29 is 14.3 Å². The number of rotatable bonds is 7. The van der Waals surface area contributed by atoms with Crippen LogP contribution in [-0.4, -0.2) is 65.6 Å². The maximum atomic E-state index is 12.9. The molecule has 1 atom stereocenters. The number of anilines is 1. The number of ether oxygens (including phenoxy) is 2. The number of urea groups is 1. The number of nitrogens with one attached hydrogen (secondary N) is 4. The topological polar surface area (TPSA) is 124 Å². The summed E-state index contributed by atoms with van der Waals surface area (Å²) in [4.78, 5) is 23.5. The molecule has 2 aromatic rings. The van der Waals surface area contributed by atoms with E-state index in [0.717, 1.165) is 35.4 Å². The fourth-order valence-corrected chi connectivity index (χ4v) is 4.28. The van der Waals surface area contributed by atoms with Crippen LogP contribution in [0.25, 0.3) is 11.3 Å². The first-order valence-corrected chi connectivity index (χ1v) is 12.2. The highest BCUT2D eigenvalue weighted by atomic mass is 16.5. The van der Waals surface area contributed by atoms with E-state index in [1.54, 1.807) is 24.3 Å². The van der Waals surface area contributed by atoms with Gasteiger partial charge in [0.15, 0.2) is 0 Å². The number of hydrogen-bond donors (Lipinski definition) is 4. The van der Waals surface area contributed by atoms with Gasteiger partial charge in [0.25, 0.3) is 0 Å². The first kappa shape index (κ1) is 25.4. The van der Waals surface area contributed by atoms with Gasteiger partial charge in [-0.1, -0.05) is 12.1 Å². The van der Waals surface area contributed by atoms with Gasteiger partial charge >= 0.3 is 6.03 Å². The molecule has 0 saturated carbocycles. The number of aromatic nitrogens is 2. The van der Waals surface area contributed by atoms with E-state index in [1.807, 2.05) is 45.0 Å². The van der Waals surface area contributed by atoms with Gasteiger partial charge in [-0.2, -0.15) is 0 Å². The number of carbonyl (C=O) groups is 1. The van der Waals surface area contributed by atoms with Crippen molar-refractivity contribution in [2.45, 2.75) is 51.4 Å². The minimum absolute atomic E-state index is 0.0752. The van der Waals surface area contributed by atoms with Gasteiger partial charge < -0.3 is 35.7 Å². The predicted molar refractivity (Wildman–Crippen MR) is 139 cm³/mol. The van der Waals surface area contributed by atoms with Gasteiger partial charge in [0.05, 0.1) is 48.8 Å². The molecule has 36 heavy (non-hydrogen) atoms. The molecule has 2 amide bonds. The Kier molecular flexibility index (Phi) is 7.73. The second-order valence-electron chi connectivity index (χ2n) is 9.93. The Bertz CT molecular complexity index is 1120. The van der Waals surface area contributed by atoms with Crippen molar-refractivity contribution in [2.24, 2.45) is 0 Å². The van der Waals surface area contributed by atoms with Crippen molar-refractivity contribution >= 4 is 18.2 Å². The summed E-state index contributed by atoms with van der Waals surface area (Å²) in [5, 5.41) is 16.6. The maximum absolute atomic E-state index is 12.9. The van der Waals surface area contributed by atoms with E-state index in [-0.39, 0.29) is 23.8 Å². The molecule has 3 heterocycles. The summed E-state index contributed by atoms with van der Waals surface area (Å²) in [5.41, 5.74) is 2.89. The molecule has 10 heteroatoms. The molecule has 192 valence electrons. The molecule has 1 unspecified atom stereocenters. The summed E-state index contributed by atoms with van der Waals surface area (Å²) in [6.45, 7) is 7.87. The summed E-state index contributed by atoms with van der Waals surface area (Å²) >= 11 is 0. The standard InChI is InChI=1S/C26H35N7O3/c1-26(2,3)36-19-15-33(16-19)25(34)32-22-6-5-11-35-23-12-17(7-8-20(22)23)21-9-10-29-24(31-21)30-18(13-27)14-28-4/h7-10,12-14,19,22,27-28H,5-6,11,15-16H2,1-4H3,(H,32,34)(H,29,30,31)/b18-14+,27-13?. The fraction of sp³-hybridized carbons (Fsp3) is 0.462. The first-order chi connectivity index (χ1) is 17.3. The molecule has 0 spiro atoms. The van der Waals surface area contributed by atoms with Crippen LogP contribution >= 0.6 is 0 Å². The number of allylic oxidation sites excluding steroid dienone is 1. The van der Waals surface area contributed by atoms with Crippen molar-refractivity contribution in [3.8, 4) is 17.0 Å². The predicted octanol–water partition coefficient (Wildman–Crippen LogP) is 3.69. The molecule has 2 aliphatic rings. The van der Waals surface area contributed by atoms with Gasteiger partial charge in [-0.25, -0.2) is 14.8 Å². The van der Waals surface area contributed by atoms with Gasteiger partial charge in [0, 0.05) is 36.8 Å². The van der Waals surface area contributed by atoms with E-state index in [2.05, 4.69) is 25.9 Å². The van der Waals surface area contributed by atoms with E-state index in [9.17, 15) is 4.79 Å². The highest BCUT2D eigenvalue weighted by Gasteiger charge is 2.35. The molecule has 1 fully saturated rings. The van der Waals surface area contributed by atoms with Gasteiger partial charge in [-0.05, 0) is 45.7 Å². The number of nitrogens with zero attached hydrogens (tertiary/aromatic N) is 3. The van der Waals surface area contributed by atoms with Crippen molar-refractivity contribution in [1.82, 2.24) is 25.5 Å². The number of amides is 2. The van der Waals surface area contributed by atoms with E-state index in [0.29, 0.717) is 31.3 Å². The van der Waals surface area contributed by atoms with Gasteiger partial charge in [0.1, 0.15) is 5.75 Å². The van der Waals surface area contributed by atoms with E-state index in [1.165, 1.54) is 6.21 Å². The zero-order valence-electron chi connectivity index (χ0n) is 21.3. The Hall–Kier alpha value is -3.66. The Morgan fingerprint density at radius 2 is 2.08 bits per heavy atom. The molecule has 1 saturated heterocycles. The monoisotopic (exact) mass is 493 g/mol. The van der Waals surface area contributed by atoms with Crippen LogP contribution in [0.3, 0.4) is 0 Å². The lowest BCUT2D eigenvalue weighted by molar-refractivity contribution is -0.111. The molecule has 1 aromatic carbocycles. The third-order valence-electron chi connectivity index (χ3n) is 5.90. The smallest absolute Gasteiger partial charge is 0.318 e. The molecule has 10 nitrogen and oxygen atoms in total. The molecule has 0 bridgehead atoms. The highest BCUT2D eigenvalue weighted by Crippen LogP contribution is 2.35. The highest BCUT2D eigenvalue weighted by molar-refractivity contribution is 5.79. The minimum Gasteiger partial charge on any atom is -0.493 e. The van der Waals surface area contributed by atoms with Crippen LogP contribution in [0.15, 0.2) is 42.4 Å². The lowest BCUT2D eigenvalue weighted by Crippen LogP contribution is -2.59. The van der Waals surface area contributed by atoms with E-state index in [4.69, 9.17) is 14.9 Å². The van der Waals surface area contributed by atoms with Crippen LogP contribution < -0.4 is 20.7 Å². The van der Waals surface area contributed by atoms with Crippen LogP contribution in [0.2, 0.25) is 0 Å². The quantitative estimate of drug-likeness (QED) is 0.434. The number of benzene rings is 1.